The summed E-state index contributed by atoms with van der Waals surface area (Å²) in [6, 6.07) is 52.9. The first kappa shape index (κ1) is 111. The van der Waals surface area contributed by atoms with Crippen LogP contribution in [0.1, 0.15) is 176 Å². The zero-order valence-electron chi connectivity index (χ0n) is 86.1. The third-order valence-electron chi connectivity index (χ3n) is 26.5. The van der Waals surface area contributed by atoms with Gasteiger partial charge in [0, 0.05) is 161 Å². The SMILES string of the molecule is C=C(CCOCCOCCN)NC(C(=O)C[C@@H](C)C(=O)Nc1ccc(-c2ccc(CC(=O)C3=CC(NC(=O)CCCOc4cc5c(cc4OC)C(=O)N4Cc6ccccc6C[C@H]4C=N5)=CC3C)cc2)cc1)C(C)C.COc1cc2c(cc1OCCCCC(=O)c1cc(NC(=O)c3ccc(-c4ccc(NC(=O)[C@H](C)CC(=O)C(NC(=O)CCOCCOCCN)C(C)C)cc4)cc3)cn1C)N=C[C@@H]1Cc3ccccc3CN1C2=O. The highest BCUT2D eigenvalue weighted by Crippen LogP contribution is 2.42. The molecule has 1 aliphatic carbocycles. The second-order valence-electron chi connectivity index (χ2n) is 38.4. The fourth-order valence-electron chi connectivity index (χ4n) is 18.1. The molecule has 8 aromatic carbocycles. The Bertz CT molecular complexity index is 6350. The first-order valence-electron chi connectivity index (χ1n) is 50.8. The smallest absolute Gasteiger partial charge is 0.257 e. The van der Waals surface area contributed by atoms with Crippen LogP contribution in [0, 0.1) is 29.6 Å². The van der Waals surface area contributed by atoms with Gasteiger partial charge in [-0.3, -0.25) is 62.7 Å². The molecule has 32 nitrogen and oxygen atoms in total. The summed E-state index contributed by atoms with van der Waals surface area (Å²) >= 11 is 0. The van der Waals surface area contributed by atoms with Gasteiger partial charge in [0.15, 0.2) is 46.1 Å². The van der Waals surface area contributed by atoms with Gasteiger partial charge in [-0.15, -0.1) is 0 Å². The summed E-state index contributed by atoms with van der Waals surface area (Å²) in [5.74, 6) is -1.78. The quantitative estimate of drug-likeness (QED) is 0.0130. The van der Waals surface area contributed by atoms with Crippen LogP contribution in [0.4, 0.5) is 28.4 Å². The van der Waals surface area contributed by atoms with E-state index in [0.717, 1.165) is 38.9 Å². The Morgan fingerprint density at radius 2 is 0.926 bits per heavy atom. The molecular formula is C116H137N13O19. The van der Waals surface area contributed by atoms with Crippen LogP contribution in [0.2, 0.25) is 0 Å². The van der Waals surface area contributed by atoms with E-state index in [4.69, 9.17) is 59.3 Å². The highest BCUT2D eigenvalue weighted by molar-refractivity contribution is 6.07. The number of carbonyl (C=O) groups is 11. The van der Waals surface area contributed by atoms with Crippen molar-refractivity contribution >= 4 is 105 Å². The van der Waals surface area contributed by atoms with E-state index < -0.39 is 23.9 Å². The van der Waals surface area contributed by atoms with E-state index in [1.807, 2.05) is 160 Å². The summed E-state index contributed by atoms with van der Waals surface area (Å²) in [4.78, 5) is 159. The van der Waals surface area contributed by atoms with Crippen molar-refractivity contribution < 1.29 is 90.6 Å². The number of amides is 7. The van der Waals surface area contributed by atoms with Crippen molar-refractivity contribution in [3.8, 4) is 45.3 Å². The van der Waals surface area contributed by atoms with Gasteiger partial charge in [-0.25, -0.2) is 0 Å². The molecule has 0 bridgehead atoms. The van der Waals surface area contributed by atoms with Gasteiger partial charge < -0.3 is 95.6 Å². The van der Waals surface area contributed by atoms with E-state index in [1.54, 1.807) is 92.3 Å². The normalized spacial score (nSPS) is 15.5. The lowest BCUT2D eigenvalue weighted by Crippen LogP contribution is -2.45. The van der Waals surface area contributed by atoms with Crippen molar-refractivity contribution in [3.63, 3.8) is 0 Å². The number of Topliss-reactive ketones (excluding diaryl/α,β-unsaturated/α-hetero) is 4. The van der Waals surface area contributed by atoms with Crippen molar-refractivity contribution in [2.45, 2.75) is 163 Å². The number of allylic oxidation sites excluding steroid dienone is 3. The third-order valence-corrected chi connectivity index (χ3v) is 26.5. The maximum absolute atomic E-state index is 13.7. The molecule has 780 valence electrons. The van der Waals surface area contributed by atoms with Crippen LogP contribution < -0.4 is 62.3 Å². The highest BCUT2D eigenvalue weighted by atomic mass is 16.5. The van der Waals surface area contributed by atoms with Crippen LogP contribution in [0.25, 0.3) is 22.3 Å². The molecule has 9 aromatic rings. The molecule has 32 heteroatoms. The molecule has 0 saturated heterocycles. The highest BCUT2D eigenvalue weighted by Gasteiger charge is 2.38. The number of unbranched alkanes of at least 4 members (excludes halogenated alkanes) is 1. The predicted octanol–water partition coefficient (Wildman–Crippen LogP) is 16.0. The first-order chi connectivity index (χ1) is 71.4. The molecule has 14 rings (SSSR count). The van der Waals surface area contributed by atoms with Gasteiger partial charge in [0.1, 0.15) is 0 Å². The minimum atomic E-state index is -0.736. The average Bonchev–Trinajstić information content (AvgIpc) is 1.54. The fourth-order valence-corrected chi connectivity index (χ4v) is 18.1. The monoisotopic (exact) mass is 2020 g/mol. The Balaban J connectivity index is 0.000000247. The van der Waals surface area contributed by atoms with Crippen LogP contribution in [0.15, 0.2) is 228 Å². The molecule has 0 fully saturated rings. The summed E-state index contributed by atoms with van der Waals surface area (Å²) in [6.07, 6.45) is 13.3. The zero-order valence-corrected chi connectivity index (χ0v) is 86.1. The lowest BCUT2D eigenvalue weighted by molar-refractivity contribution is -0.131. The Hall–Kier alpha value is -14.7. The second kappa shape index (κ2) is 54.1. The third kappa shape index (κ3) is 30.5. The standard InChI is InChI=1S/C59H70N6O9.C57H67N7O10/c1-37(2)57(62-40(5)21-24-72-26-27-73-25-22-60)53(67)29-39(4)58(69)64-46-19-17-43(18-20-46)42-15-13-41(14-16-42)30-52(66)49-32-47(28-38(49)3)63-56(68)12-9-23-74-55-34-51-50(33-54(55)71-6)59(70)65-36-45-11-8-7-10-44(45)31-48(65)35-61-51;1-36(2)54(62-53(67)21-24-72-26-27-73-25-22-58)50(66)28-37(3)55(68)60-43-19-17-39(18-20-43)38-13-15-40(16-14-38)56(69)61-44-30-48(63(4)35-44)49(65)12-8-9-23-74-52-32-47-46(31-51(52)71-5)57(70)64-34-42-11-7-6-10-41(42)29-45(64)33-59-47/h7-8,10-11,13-20,28,32-35,37-39,48,57,62H,5,9,12,21-27,29-31,36,60H2,1-4,6H3,(H,63,68)(H,64,69);6-7,10-11,13-20,30-33,35-37,45,54H,8-9,12,21-29,34,58H2,1-5H3,(H,60,68)(H,61,69)(H,62,67)/t38?,39-,48+,57?;37-,45+,54?/m11/s1. The fraction of sp³-hybridized carbons (Fsp3) is 0.388. The van der Waals surface area contributed by atoms with Crippen LogP contribution in [0.3, 0.4) is 0 Å². The topological polar surface area (TPSA) is 422 Å². The Kier molecular flexibility index (Phi) is 40.4. The first-order valence-corrected chi connectivity index (χ1v) is 50.8. The van der Waals surface area contributed by atoms with E-state index in [2.05, 4.69) is 62.7 Å². The zero-order chi connectivity index (χ0) is 105. The summed E-state index contributed by atoms with van der Waals surface area (Å²) in [5, 5.41) is 17.7. The van der Waals surface area contributed by atoms with Crippen LogP contribution in [-0.4, -0.2) is 209 Å². The molecule has 10 N–H and O–H groups in total. The molecule has 7 amide bonds. The van der Waals surface area contributed by atoms with E-state index in [-0.39, 0.29) is 146 Å². The van der Waals surface area contributed by atoms with Gasteiger partial charge in [-0.1, -0.05) is 170 Å². The van der Waals surface area contributed by atoms with Gasteiger partial charge >= 0.3 is 0 Å². The van der Waals surface area contributed by atoms with Crippen molar-refractivity contribution in [2.24, 2.45) is 58.1 Å². The van der Waals surface area contributed by atoms with Crippen LogP contribution >= 0.6 is 0 Å². The number of hydrogen-bond acceptors (Lipinski definition) is 24. The number of hydrogen-bond donors (Lipinski definition) is 8. The van der Waals surface area contributed by atoms with Crippen molar-refractivity contribution in [2.75, 3.05) is 109 Å². The number of carbonyl (C=O) groups excluding carboxylic acids is 11. The lowest BCUT2D eigenvalue weighted by atomic mass is 9.92. The van der Waals surface area contributed by atoms with Crippen molar-refractivity contribution in [1.82, 2.24) is 30.3 Å². The summed E-state index contributed by atoms with van der Waals surface area (Å²) in [6.45, 7) is 22.7. The van der Waals surface area contributed by atoms with Gasteiger partial charge in [-0.05, 0) is 155 Å². The number of methoxy groups -OCH3 is 2. The maximum Gasteiger partial charge on any atom is 0.257 e. The van der Waals surface area contributed by atoms with E-state index >= 15 is 0 Å². The van der Waals surface area contributed by atoms with Gasteiger partial charge in [-0.2, -0.15) is 0 Å². The molecular weight excluding hydrogens is 1880 g/mol. The van der Waals surface area contributed by atoms with Crippen LogP contribution in [-0.2, 0) is 91.9 Å². The molecule has 3 unspecified atom stereocenters. The number of aryl methyl sites for hydroxylation is 1. The Labute approximate surface area is 865 Å². The number of ether oxygens (including phenoxy) is 8. The average molecular weight is 2020 g/mol. The molecule has 7 atom stereocenters. The van der Waals surface area contributed by atoms with E-state index in [0.29, 0.717) is 208 Å². The van der Waals surface area contributed by atoms with Crippen molar-refractivity contribution in [1.29, 1.82) is 0 Å². The number of benzene rings is 8. The molecule has 4 aliphatic heterocycles. The molecule has 5 aliphatic rings. The predicted molar refractivity (Wildman–Crippen MR) is 571 cm³/mol. The van der Waals surface area contributed by atoms with Gasteiger partial charge in [0.25, 0.3) is 17.7 Å². The molecule has 5 heterocycles. The summed E-state index contributed by atoms with van der Waals surface area (Å²) in [7, 11) is 4.82. The number of rotatable bonds is 53. The minimum Gasteiger partial charge on any atom is -0.493 e. The van der Waals surface area contributed by atoms with Crippen LogP contribution in [0.5, 0.6) is 23.0 Å². The number of nitrogens with zero attached hydrogens (tertiary/aromatic N) is 5. The number of nitrogens with one attached hydrogen (secondary N) is 6. The number of anilines is 3. The number of nitrogens with two attached hydrogens (primary N) is 2. The Morgan fingerprint density at radius 1 is 0.466 bits per heavy atom. The molecule has 0 radical (unpaired) electrons. The molecule has 0 spiro atoms. The van der Waals surface area contributed by atoms with Gasteiger partial charge in [0.05, 0.1) is 138 Å². The van der Waals surface area contributed by atoms with E-state index in [9.17, 15) is 52.7 Å². The summed E-state index contributed by atoms with van der Waals surface area (Å²) in [5.41, 5.74) is 26.4. The number of fused-ring (bicyclic) bond motifs is 6. The second-order valence-corrected chi connectivity index (χ2v) is 38.4. The van der Waals surface area contributed by atoms with E-state index in [1.165, 1.54) is 25.3 Å². The number of ketones is 4. The number of aromatic nitrogens is 1. The Morgan fingerprint density at radius 3 is 1.41 bits per heavy atom. The molecule has 1 aromatic heterocycles. The van der Waals surface area contributed by atoms with Gasteiger partial charge in [0.2, 0.25) is 23.6 Å². The lowest BCUT2D eigenvalue weighted by Gasteiger charge is -2.34. The van der Waals surface area contributed by atoms with Crippen molar-refractivity contribution in [3.05, 3.63) is 268 Å². The minimum absolute atomic E-state index is 0.00553. The largest absolute Gasteiger partial charge is 0.493 e. The number of aliphatic imine (C=N–C) groups is 2. The molecule has 0 saturated carbocycles. The molecule has 148 heavy (non-hydrogen) atoms. The summed E-state index contributed by atoms with van der Waals surface area (Å²) < 4.78 is 46.7. The maximum atomic E-state index is 13.7.